The summed E-state index contributed by atoms with van der Waals surface area (Å²) in [5.41, 5.74) is 1.41. The number of halogens is 4. The fraction of sp³-hybridized carbons (Fsp3) is 0.417. The molecular weight excluding hydrogens is 283 g/mol. The van der Waals surface area contributed by atoms with E-state index in [4.69, 9.17) is 21.5 Å². The average molecular weight is 296 g/mol. The third kappa shape index (κ3) is 5.94. The molecule has 1 saturated heterocycles. The van der Waals surface area contributed by atoms with E-state index in [1.165, 1.54) is 25.1 Å². The van der Waals surface area contributed by atoms with Gasteiger partial charge in [0.2, 0.25) is 0 Å². The Balaban J connectivity index is 0.000000224. The van der Waals surface area contributed by atoms with Crippen molar-refractivity contribution >= 4 is 17.6 Å². The summed E-state index contributed by atoms with van der Waals surface area (Å²) in [7, 11) is 0. The van der Waals surface area contributed by atoms with E-state index in [0.29, 0.717) is 0 Å². The van der Waals surface area contributed by atoms with Crippen molar-refractivity contribution in [3.63, 3.8) is 0 Å². The highest BCUT2D eigenvalue weighted by molar-refractivity contribution is 6.30. The Kier molecular flexibility index (Phi) is 5.62. The number of carbonyl (C=O) groups excluding carboxylic acids is 1. The third-order valence-corrected chi connectivity index (χ3v) is 2.92. The van der Waals surface area contributed by atoms with Gasteiger partial charge in [-0.05, 0) is 24.1 Å². The van der Waals surface area contributed by atoms with E-state index in [2.05, 4.69) is 17.4 Å². The molecule has 2 rings (SSSR count). The molecule has 0 aromatic heterocycles. The van der Waals surface area contributed by atoms with Gasteiger partial charge in [-0.3, -0.25) is 0 Å². The van der Waals surface area contributed by atoms with Gasteiger partial charge < -0.3 is 15.2 Å². The number of quaternary nitrogens is 1. The maximum atomic E-state index is 10.5. The molecule has 1 aromatic rings. The van der Waals surface area contributed by atoms with Crippen LogP contribution in [0.15, 0.2) is 24.3 Å². The standard InChI is InChI=1S/C10H12ClN.C2HF3O2/c11-10-3-1-8(2-4-10)5-9-6-12-7-9;3-2(4,5)1(6)7/h1-4,9,12H,5-7H2;(H,6,7). The van der Waals surface area contributed by atoms with E-state index in [1.54, 1.807) is 0 Å². The van der Waals surface area contributed by atoms with Crippen LogP contribution >= 0.6 is 11.6 Å². The molecule has 19 heavy (non-hydrogen) atoms. The quantitative estimate of drug-likeness (QED) is 0.857. The van der Waals surface area contributed by atoms with E-state index < -0.39 is 12.1 Å². The van der Waals surface area contributed by atoms with Gasteiger partial charge in [-0.1, -0.05) is 23.7 Å². The van der Waals surface area contributed by atoms with Crippen molar-refractivity contribution in [3.8, 4) is 0 Å². The largest absolute Gasteiger partial charge is 0.542 e. The summed E-state index contributed by atoms with van der Waals surface area (Å²) in [6, 6.07) is 8.19. The van der Waals surface area contributed by atoms with Crippen molar-refractivity contribution in [1.82, 2.24) is 0 Å². The van der Waals surface area contributed by atoms with Crippen LogP contribution in [0.2, 0.25) is 5.02 Å². The lowest BCUT2D eigenvalue weighted by Gasteiger charge is -2.22. The highest BCUT2D eigenvalue weighted by Crippen LogP contribution is 2.13. The van der Waals surface area contributed by atoms with E-state index >= 15 is 0 Å². The molecule has 106 valence electrons. The normalized spacial score (nSPS) is 15.2. The first-order valence-electron chi connectivity index (χ1n) is 5.63. The molecule has 0 amide bonds. The molecule has 1 aliphatic rings. The van der Waals surface area contributed by atoms with Crippen molar-refractivity contribution in [1.29, 1.82) is 0 Å². The van der Waals surface area contributed by atoms with Crippen molar-refractivity contribution in [3.05, 3.63) is 34.9 Å². The van der Waals surface area contributed by atoms with E-state index in [9.17, 15) is 13.2 Å². The molecule has 0 saturated carbocycles. The molecular formula is C12H13ClF3NO2. The lowest BCUT2D eigenvalue weighted by atomic mass is 9.95. The van der Waals surface area contributed by atoms with Gasteiger partial charge in [0.15, 0.2) is 0 Å². The van der Waals surface area contributed by atoms with Gasteiger partial charge in [-0.25, -0.2) is 0 Å². The number of aliphatic carboxylic acids is 1. The van der Waals surface area contributed by atoms with Gasteiger partial charge in [-0.2, -0.15) is 13.2 Å². The minimum atomic E-state index is -5.19. The minimum Gasteiger partial charge on any atom is -0.542 e. The predicted molar refractivity (Wildman–Crippen MR) is 61.4 cm³/mol. The Bertz CT molecular complexity index is 416. The predicted octanol–water partition coefficient (Wildman–Crippen LogP) is 0.374. The molecule has 0 atom stereocenters. The second kappa shape index (κ2) is 6.77. The van der Waals surface area contributed by atoms with Gasteiger partial charge in [0, 0.05) is 5.02 Å². The van der Waals surface area contributed by atoms with Crippen molar-refractivity contribution < 1.29 is 28.4 Å². The van der Waals surface area contributed by atoms with Crippen molar-refractivity contribution in [2.75, 3.05) is 13.1 Å². The number of hydrogen-bond donors (Lipinski definition) is 1. The molecule has 1 fully saturated rings. The zero-order valence-corrected chi connectivity index (χ0v) is 10.7. The monoisotopic (exact) mass is 295 g/mol. The smallest absolute Gasteiger partial charge is 0.430 e. The Morgan fingerprint density at radius 2 is 1.79 bits per heavy atom. The maximum absolute atomic E-state index is 10.5. The average Bonchev–Trinajstić information content (AvgIpc) is 2.25. The number of benzene rings is 1. The Labute approximate surface area is 113 Å². The molecule has 0 bridgehead atoms. The van der Waals surface area contributed by atoms with Crippen LogP contribution in [0, 0.1) is 5.92 Å². The highest BCUT2D eigenvalue weighted by Gasteiger charge is 2.28. The molecule has 3 nitrogen and oxygen atoms in total. The number of carboxylic acids is 1. The van der Waals surface area contributed by atoms with Gasteiger partial charge in [0.25, 0.3) is 0 Å². The van der Waals surface area contributed by atoms with Gasteiger partial charge >= 0.3 is 6.18 Å². The van der Waals surface area contributed by atoms with Crippen molar-refractivity contribution in [2.24, 2.45) is 5.92 Å². The second-order valence-corrected chi connectivity index (χ2v) is 4.68. The van der Waals surface area contributed by atoms with E-state index in [-0.39, 0.29) is 0 Å². The van der Waals surface area contributed by atoms with Gasteiger partial charge in [0.1, 0.15) is 5.97 Å². The highest BCUT2D eigenvalue weighted by atomic mass is 35.5. The second-order valence-electron chi connectivity index (χ2n) is 4.24. The summed E-state index contributed by atoms with van der Waals surface area (Å²) in [6.45, 7) is 2.59. The molecule has 0 aliphatic carbocycles. The van der Waals surface area contributed by atoms with Crippen LogP contribution in [-0.2, 0) is 11.2 Å². The fourth-order valence-corrected chi connectivity index (χ4v) is 1.65. The first-order chi connectivity index (χ1) is 8.79. The van der Waals surface area contributed by atoms with E-state index in [0.717, 1.165) is 10.9 Å². The number of rotatable bonds is 2. The molecule has 0 unspecified atom stereocenters. The Morgan fingerprint density at radius 3 is 2.11 bits per heavy atom. The minimum absolute atomic E-state index is 0.832. The van der Waals surface area contributed by atoms with Crippen LogP contribution in [-0.4, -0.2) is 25.2 Å². The molecule has 7 heteroatoms. The van der Waals surface area contributed by atoms with Crippen LogP contribution in [0.1, 0.15) is 5.56 Å². The van der Waals surface area contributed by atoms with Gasteiger partial charge in [0.05, 0.1) is 19.0 Å². The molecule has 1 heterocycles. The Morgan fingerprint density at radius 1 is 1.32 bits per heavy atom. The molecule has 0 spiro atoms. The van der Waals surface area contributed by atoms with E-state index in [1.807, 2.05) is 12.1 Å². The summed E-state index contributed by atoms with van der Waals surface area (Å²) < 4.78 is 31.5. The molecule has 2 N–H and O–H groups in total. The Hall–Kier alpha value is -1.27. The zero-order chi connectivity index (χ0) is 14.5. The van der Waals surface area contributed by atoms with Crippen LogP contribution in [0.5, 0.6) is 0 Å². The topological polar surface area (TPSA) is 56.7 Å². The molecule has 0 radical (unpaired) electrons. The fourth-order valence-electron chi connectivity index (χ4n) is 1.52. The van der Waals surface area contributed by atoms with Crippen LogP contribution < -0.4 is 10.4 Å². The first kappa shape index (κ1) is 15.8. The number of alkyl halides is 3. The summed E-state index contributed by atoms with van der Waals surface area (Å²) in [4.78, 5) is 8.78. The van der Waals surface area contributed by atoms with Crippen LogP contribution in [0.25, 0.3) is 0 Å². The first-order valence-corrected chi connectivity index (χ1v) is 6.01. The maximum Gasteiger partial charge on any atom is 0.430 e. The van der Waals surface area contributed by atoms with Gasteiger partial charge in [-0.15, -0.1) is 0 Å². The zero-order valence-electron chi connectivity index (χ0n) is 9.91. The number of hydrogen-bond acceptors (Lipinski definition) is 2. The lowest BCUT2D eigenvalue weighted by Crippen LogP contribution is -2.96. The molecule has 1 aromatic carbocycles. The van der Waals surface area contributed by atoms with Crippen LogP contribution in [0.3, 0.4) is 0 Å². The summed E-state index contributed by atoms with van der Waals surface area (Å²) in [5, 5.41) is 12.0. The van der Waals surface area contributed by atoms with Crippen molar-refractivity contribution in [2.45, 2.75) is 12.6 Å². The number of carbonyl (C=O) groups is 1. The lowest BCUT2D eigenvalue weighted by molar-refractivity contribution is -0.722. The molecule has 1 aliphatic heterocycles. The SMILES string of the molecule is Clc1ccc(CC2C[NH2+]C2)cc1.O=C([O-])C(F)(F)F. The third-order valence-electron chi connectivity index (χ3n) is 2.67. The number of carboxylic acid groups (broad SMARTS) is 1. The number of nitrogens with two attached hydrogens (primary N) is 1. The summed E-state index contributed by atoms with van der Waals surface area (Å²) in [5.74, 6) is -2.11. The summed E-state index contributed by atoms with van der Waals surface area (Å²) in [6.07, 6.45) is -3.98. The van der Waals surface area contributed by atoms with Crippen LogP contribution in [0.4, 0.5) is 13.2 Å². The summed E-state index contributed by atoms with van der Waals surface area (Å²) >= 11 is 5.79.